The maximum Gasteiger partial charge on any atom is 0.326 e. The molecular formula is C15H28N4O5S3. The van der Waals surface area contributed by atoms with E-state index in [-0.39, 0.29) is 29.6 Å². The average Bonchev–Trinajstić information content (AvgIpc) is 2.61. The summed E-state index contributed by atoms with van der Waals surface area (Å²) in [6, 6.07) is -4.06. The largest absolute Gasteiger partial charge is 0.480 e. The van der Waals surface area contributed by atoms with Crippen LogP contribution in [0, 0.1) is 5.92 Å². The second-order valence-corrected chi connectivity index (χ2v) is 7.40. The first-order valence-electron chi connectivity index (χ1n) is 8.29. The molecule has 4 unspecified atom stereocenters. The number of rotatable bonds is 12. The first-order chi connectivity index (χ1) is 12.6. The van der Waals surface area contributed by atoms with Crippen LogP contribution in [0.1, 0.15) is 20.3 Å². The second kappa shape index (κ2) is 13.1. The Bertz CT molecular complexity index is 536. The zero-order valence-corrected chi connectivity index (χ0v) is 17.9. The number of thiol groups is 3. The minimum atomic E-state index is -1.16. The van der Waals surface area contributed by atoms with Gasteiger partial charge in [-0.1, -0.05) is 13.8 Å². The quantitative estimate of drug-likeness (QED) is 0.177. The van der Waals surface area contributed by atoms with Crippen molar-refractivity contribution in [1.82, 2.24) is 16.0 Å². The molecule has 9 nitrogen and oxygen atoms in total. The molecule has 12 heteroatoms. The number of carbonyl (C=O) groups excluding carboxylic acids is 3. The molecule has 0 bridgehead atoms. The third kappa shape index (κ3) is 9.58. The van der Waals surface area contributed by atoms with Gasteiger partial charge >= 0.3 is 5.97 Å². The van der Waals surface area contributed by atoms with Crippen LogP contribution in [0.5, 0.6) is 0 Å². The highest BCUT2D eigenvalue weighted by Gasteiger charge is 2.29. The van der Waals surface area contributed by atoms with Crippen molar-refractivity contribution in [3.8, 4) is 0 Å². The van der Waals surface area contributed by atoms with E-state index >= 15 is 0 Å². The first-order valence-corrected chi connectivity index (χ1v) is 10.2. The molecule has 0 saturated carbocycles. The van der Waals surface area contributed by atoms with E-state index in [4.69, 9.17) is 5.73 Å². The highest BCUT2D eigenvalue weighted by atomic mass is 32.1. The Balaban J connectivity index is 4.96. The molecule has 6 N–H and O–H groups in total. The van der Waals surface area contributed by atoms with Crippen LogP contribution in [0.2, 0.25) is 0 Å². The van der Waals surface area contributed by atoms with Crippen molar-refractivity contribution in [2.45, 2.75) is 44.4 Å². The number of nitrogens with two attached hydrogens (primary N) is 1. The zero-order valence-electron chi connectivity index (χ0n) is 15.2. The lowest BCUT2D eigenvalue weighted by atomic mass is 10.0. The van der Waals surface area contributed by atoms with Crippen molar-refractivity contribution in [1.29, 1.82) is 0 Å². The predicted octanol–water partition coefficient (Wildman–Crippen LogP) is -1.31. The summed E-state index contributed by atoms with van der Waals surface area (Å²) in [7, 11) is 0. The fourth-order valence-electron chi connectivity index (χ4n) is 1.99. The van der Waals surface area contributed by atoms with Gasteiger partial charge in [0, 0.05) is 17.3 Å². The minimum absolute atomic E-state index is 0.0249. The highest BCUT2D eigenvalue weighted by molar-refractivity contribution is 7.80. The maximum atomic E-state index is 12.3. The summed E-state index contributed by atoms with van der Waals surface area (Å²) in [6.45, 7) is 3.66. The van der Waals surface area contributed by atoms with Gasteiger partial charge in [-0.05, 0) is 12.3 Å². The Hall–Kier alpha value is -1.11. The summed E-state index contributed by atoms with van der Waals surface area (Å²) < 4.78 is 0. The predicted molar refractivity (Wildman–Crippen MR) is 112 cm³/mol. The fraction of sp³-hybridized carbons (Fsp3) is 0.733. The summed E-state index contributed by atoms with van der Waals surface area (Å²) in [5, 5.41) is 16.5. The number of hydrogen-bond acceptors (Lipinski definition) is 8. The van der Waals surface area contributed by atoms with Crippen LogP contribution in [-0.4, -0.2) is 70.2 Å². The Labute approximate surface area is 175 Å². The summed E-state index contributed by atoms with van der Waals surface area (Å²) in [5.41, 5.74) is 5.54. The molecule has 0 aliphatic carbocycles. The van der Waals surface area contributed by atoms with Crippen LogP contribution in [0.15, 0.2) is 0 Å². The summed E-state index contributed by atoms with van der Waals surface area (Å²) in [4.78, 5) is 47.7. The van der Waals surface area contributed by atoms with E-state index in [2.05, 4.69) is 53.8 Å². The molecule has 0 aliphatic heterocycles. The second-order valence-electron chi connectivity index (χ2n) is 6.31. The third-order valence-corrected chi connectivity index (χ3v) is 4.61. The molecule has 0 fully saturated rings. The Morgan fingerprint density at radius 1 is 0.815 bits per heavy atom. The van der Waals surface area contributed by atoms with Gasteiger partial charge in [-0.2, -0.15) is 37.9 Å². The SMILES string of the molecule is CC(C)CC(NC(=O)C(CS)NC(=O)C(CS)NC(=O)C(N)CS)C(=O)O. The van der Waals surface area contributed by atoms with E-state index in [1.54, 1.807) is 0 Å². The van der Waals surface area contributed by atoms with E-state index in [1.165, 1.54) is 0 Å². The smallest absolute Gasteiger partial charge is 0.326 e. The molecule has 4 atom stereocenters. The molecule has 27 heavy (non-hydrogen) atoms. The zero-order chi connectivity index (χ0) is 21.1. The molecular weight excluding hydrogens is 412 g/mol. The lowest BCUT2D eigenvalue weighted by Crippen LogP contribution is -2.58. The van der Waals surface area contributed by atoms with Gasteiger partial charge in [-0.15, -0.1) is 0 Å². The van der Waals surface area contributed by atoms with Crippen molar-refractivity contribution in [3.63, 3.8) is 0 Å². The minimum Gasteiger partial charge on any atom is -0.480 e. The van der Waals surface area contributed by atoms with Crippen LogP contribution in [0.4, 0.5) is 0 Å². The van der Waals surface area contributed by atoms with Gasteiger partial charge in [0.1, 0.15) is 18.1 Å². The van der Waals surface area contributed by atoms with Crippen molar-refractivity contribution >= 4 is 61.6 Å². The molecule has 0 heterocycles. The standard InChI is InChI=1S/C15H28N4O5S3/c1-7(2)3-9(15(23)24)17-13(21)11(6-27)19-14(22)10(5-26)18-12(20)8(16)4-25/h7-11,25-27H,3-6,16H2,1-2H3,(H,17,21)(H,18,20)(H,19,22)(H,23,24). The van der Waals surface area contributed by atoms with Gasteiger partial charge in [0.15, 0.2) is 0 Å². The Morgan fingerprint density at radius 3 is 1.56 bits per heavy atom. The van der Waals surface area contributed by atoms with Crippen LogP contribution < -0.4 is 21.7 Å². The topological polar surface area (TPSA) is 151 Å². The fourth-order valence-corrected chi connectivity index (χ4v) is 2.67. The number of aliphatic carboxylic acids is 1. The number of amides is 3. The monoisotopic (exact) mass is 440 g/mol. The molecule has 0 aromatic carbocycles. The van der Waals surface area contributed by atoms with Crippen LogP contribution in [-0.2, 0) is 19.2 Å². The number of carboxylic acids is 1. The molecule has 0 aliphatic rings. The van der Waals surface area contributed by atoms with E-state index in [1.807, 2.05) is 13.8 Å². The van der Waals surface area contributed by atoms with Crippen molar-refractivity contribution < 1.29 is 24.3 Å². The number of carboxylic acid groups (broad SMARTS) is 1. The van der Waals surface area contributed by atoms with Crippen LogP contribution >= 0.6 is 37.9 Å². The molecule has 0 saturated heterocycles. The molecule has 0 radical (unpaired) electrons. The number of carbonyl (C=O) groups is 4. The third-order valence-electron chi connectivity index (χ3n) is 3.49. The van der Waals surface area contributed by atoms with E-state index in [9.17, 15) is 24.3 Å². The van der Waals surface area contributed by atoms with Gasteiger partial charge in [0.25, 0.3) is 0 Å². The van der Waals surface area contributed by atoms with Gasteiger partial charge in [-0.3, -0.25) is 14.4 Å². The van der Waals surface area contributed by atoms with Gasteiger partial charge in [0.05, 0.1) is 6.04 Å². The van der Waals surface area contributed by atoms with E-state index < -0.39 is 47.9 Å². The summed E-state index contributed by atoms with van der Waals surface area (Å²) in [6.07, 6.45) is 0.241. The molecule has 0 rings (SSSR count). The summed E-state index contributed by atoms with van der Waals surface area (Å²) in [5.74, 6) is -3.01. The van der Waals surface area contributed by atoms with Crippen molar-refractivity contribution in [2.24, 2.45) is 11.7 Å². The van der Waals surface area contributed by atoms with Gasteiger partial charge < -0.3 is 26.8 Å². The lowest BCUT2D eigenvalue weighted by Gasteiger charge is -2.24. The highest BCUT2D eigenvalue weighted by Crippen LogP contribution is 2.06. The van der Waals surface area contributed by atoms with Gasteiger partial charge in [0.2, 0.25) is 17.7 Å². The lowest BCUT2D eigenvalue weighted by molar-refractivity contribution is -0.142. The van der Waals surface area contributed by atoms with Crippen LogP contribution in [0.25, 0.3) is 0 Å². The van der Waals surface area contributed by atoms with E-state index in [0.717, 1.165) is 0 Å². The molecule has 0 aromatic rings. The molecule has 0 aromatic heterocycles. The molecule has 3 amide bonds. The normalized spacial score (nSPS) is 15.4. The first kappa shape index (κ1) is 25.9. The van der Waals surface area contributed by atoms with Gasteiger partial charge in [-0.25, -0.2) is 4.79 Å². The van der Waals surface area contributed by atoms with Crippen molar-refractivity contribution in [2.75, 3.05) is 17.3 Å². The Kier molecular flexibility index (Phi) is 12.6. The number of nitrogens with one attached hydrogen (secondary N) is 3. The molecule has 0 spiro atoms. The maximum absolute atomic E-state index is 12.3. The summed E-state index contributed by atoms with van der Waals surface area (Å²) >= 11 is 12.0. The van der Waals surface area contributed by atoms with Crippen molar-refractivity contribution in [3.05, 3.63) is 0 Å². The van der Waals surface area contributed by atoms with E-state index in [0.29, 0.717) is 0 Å². The Morgan fingerprint density at radius 2 is 1.22 bits per heavy atom. The average molecular weight is 441 g/mol. The molecule has 156 valence electrons. The number of hydrogen-bond donors (Lipinski definition) is 8. The van der Waals surface area contributed by atoms with Crippen LogP contribution in [0.3, 0.4) is 0 Å².